The Balaban J connectivity index is 1.93. The molecule has 0 aromatic heterocycles. The number of hydrogen-bond acceptors (Lipinski definition) is 5. The number of para-hydroxylation sites is 2. The lowest BCUT2D eigenvalue weighted by Gasteiger charge is -2.15. The fraction of sp³-hybridized carbons (Fsp3) is 0.238. The van der Waals surface area contributed by atoms with E-state index in [1.54, 1.807) is 12.1 Å². The van der Waals surface area contributed by atoms with Crippen LogP contribution in [0, 0.1) is 10.1 Å². The molecule has 2 aromatic rings. The van der Waals surface area contributed by atoms with Gasteiger partial charge in [0, 0.05) is 17.8 Å². The molecule has 0 unspecified atom stereocenters. The summed E-state index contributed by atoms with van der Waals surface area (Å²) in [5, 5.41) is 13.7. The summed E-state index contributed by atoms with van der Waals surface area (Å²) in [6.07, 6.45) is 3.28. The number of carbonyl (C=O) groups is 2. The fourth-order valence-electron chi connectivity index (χ4n) is 2.58. The molecular weight excluding hydrogens is 360 g/mol. The van der Waals surface area contributed by atoms with Gasteiger partial charge in [-0.1, -0.05) is 44.2 Å². The van der Waals surface area contributed by atoms with Gasteiger partial charge < -0.3 is 10.1 Å². The molecule has 1 atom stereocenters. The number of esters is 1. The lowest BCUT2D eigenvalue weighted by Crippen LogP contribution is -2.21. The Hall–Kier alpha value is -3.48. The van der Waals surface area contributed by atoms with Gasteiger partial charge in [0.05, 0.1) is 10.5 Å². The van der Waals surface area contributed by atoms with Crippen molar-refractivity contribution in [1.29, 1.82) is 0 Å². The highest BCUT2D eigenvalue weighted by molar-refractivity contribution is 5.95. The molecule has 1 amide bonds. The summed E-state index contributed by atoms with van der Waals surface area (Å²) in [5.74, 6) is -0.935. The Morgan fingerprint density at radius 1 is 1.18 bits per heavy atom. The van der Waals surface area contributed by atoms with E-state index in [0.29, 0.717) is 5.69 Å². The first-order valence-corrected chi connectivity index (χ1v) is 8.89. The third kappa shape index (κ3) is 5.77. The smallest absolute Gasteiger partial charge is 0.331 e. The Morgan fingerprint density at radius 3 is 2.57 bits per heavy atom. The SMILES string of the molecule is CC[C@H](C)c1ccccc1NC(=O)COC(=O)/C=C/c1ccccc1[N+](=O)[O-]. The van der Waals surface area contributed by atoms with Gasteiger partial charge in [-0.15, -0.1) is 0 Å². The molecule has 28 heavy (non-hydrogen) atoms. The summed E-state index contributed by atoms with van der Waals surface area (Å²) in [5.41, 5.74) is 1.86. The second-order valence-electron chi connectivity index (χ2n) is 6.20. The second-order valence-corrected chi connectivity index (χ2v) is 6.20. The summed E-state index contributed by atoms with van der Waals surface area (Å²) in [6.45, 7) is 3.68. The second kappa shape index (κ2) is 10.0. The van der Waals surface area contributed by atoms with Crippen molar-refractivity contribution in [2.75, 3.05) is 11.9 Å². The van der Waals surface area contributed by atoms with Crippen LogP contribution in [-0.4, -0.2) is 23.4 Å². The van der Waals surface area contributed by atoms with Crippen molar-refractivity contribution < 1.29 is 19.2 Å². The topological polar surface area (TPSA) is 98.5 Å². The van der Waals surface area contributed by atoms with Crippen molar-refractivity contribution >= 4 is 29.3 Å². The number of nitro groups is 1. The number of nitrogens with zero attached hydrogens (tertiary/aromatic N) is 1. The number of anilines is 1. The lowest BCUT2D eigenvalue weighted by molar-refractivity contribution is -0.385. The average Bonchev–Trinajstić information content (AvgIpc) is 2.70. The highest BCUT2D eigenvalue weighted by Gasteiger charge is 2.13. The van der Waals surface area contributed by atoms with Crippen LogP contribution >= 0.6 is 0 Å². The van der Waals surface area contributed by atoms with Gasteiger partial charge >= 0.3 is 5.97 Å². The average molecular weight is 382 g/mol. The number of nitro benzene ring substituents is 1. The third-order valence-electron chi connectivity index (χ3n) is 4.26. The van der Waals surface area contributed by atoms with E-state index in [2.05, 4.69) is 19.2 Å². The van der Waals surface area contributed by atoms with E-state index in [9.17, 15) is 19.7 Å². The van der Waals surface area contributed by atoms with Crippen LogP contribution in [0.4, 0.5) is 11.4 Å². The Labute approximate surface area is 163 Å². The van der Waals surface area contributed by atoms with E-state index in [4.69, 9.17) is 4.74 Å². The molecule has 146 valence electrons. The zero-order valence-electron chi connectivity index (χ0n) is 15.8. The van der Waals surface area contributed by atoms with Crippen molar-refractivity contribution in [2.45, 2.75) is 26.2 Å². The van der Waals surface area contributed by atoms with Gasteiger partial charge in [-0.3, -0.25) is 14.9 Å². The van der Waals surface area contributed by atoms with Crippen molar-refractivity contribution in [2.24, 2.45) is 0 Å². The molecule has 0 saturated heterocycles. The van der Waals surface area contributed by atoms with Crippen LogP contribution in [0.15, 0.2) is 54.6 Å². The zero-order valence-corrected chi connectivity index (χ0v) is 15.8. The summed E-state index contributed by atoms with van der Waals surface area (Å²) in [7, 11) is 0. The minimum absolute atomic E-state index is 0.119. The van der Waals surface area contributed by atoms with E-state index in [1.165, 1.54) is 24.3 Å². The van der Waals surface area contributed by atoms with Crippen LogP contribution in [0.2, 0.25) is 0 Å². The molecule has 0 heterocycles. The monoisotopic (exact) mass is 382 g/mol. The molecule has 2 aromatic carbocycles. The van der Waals surface area contributed by atoms with E-state index in [1.807, 2.05) is 18.2 Å². The summed E-state index contributed by atoms with van der Waals surface area (Å²) < 4.78 is 4.92. The first-order chi connectivity index (χ1) is 13.4. The normalized spacial score (nSPS) is 11.8. The molecule has 7 heteroatoms. The molecule has 0 aliphatic carbocycles. The van der Waals surface area contributed by atoms with Gasteiger partial charge in [0.1, 0.15) is 0 Å². The maximum Gasteiger partial charge on any atom is 0.331 e. The van der Waals surface area contributed by atoms with Crippen LogP contribution in [0.1, 0.15) is 37.3 Å². The van der Waals surface area contributed by atoms with Crippen molar-refractivity contribution in [1.82, 2.24) is 0 Å². The number of carbonyl (C=O) groups excluding carboxylic acids is 2. The number of amides is 1. The predicted molar refractivity (Wildman–Crippen MR) is 107 cm³/mol. The van der Waals surface area contributed by atoms with Gasteiger partial charge in [-0.25, -0.2) is 4.79 Å². The highest BCUT2D eigenvalue weighted by Crippen LogP contribution is 2.26. The van der Waals surface area contributed by atoms with Crippen LogP contribution in [0.3, 0.4) is 0 Å². The fourth-order valence-corrected chi connectivity index (χ4v) is 2.58. The molecule has 0 bridgehead atoms. The van der Waals surface area contributed by atoms with Gasteiger partial charge in [0.2, 0.25) is 0 Å². The molecular formula is C21H22N2O5. The van der Waals surface area contributed by atoms with E-state index in [0.717, 1.165) is 18.1 Å². The Morgan fingerprint density at radius 2 is 1.86 bits per heavy atom. The van der Waals surface area contributed by atoms with Crippen LogP contribution < -0.4 is 5.32 Å². The van der Waals surface area contributed by atoms with Gasteiger partial charge in [-0.05, 0) is 36.1 Å². The first-order valence-electron chi connectivity index (χ1n) is 8.89. The lowest BCUT2D eigenvalue weighted by atomic mass is 9.97. The maximum atomic E-state index is 12.1. The largest absolute Gasteiger partial charge is 0.452 e. The molecule has 0 aliphatic heterocycles. The molecule has 0 spiro atoms. The van der Waals surface area contributed by atoms with Crippen LogP contribution in [-0.2, 0) is 14.3 Å². The standard InChI is InChI=1S/C21H22N2O5/c1-3-15(2)17-9-5-6-10-18(17)22-20(24)14-28-21(25)13-12-16-8-4-7-11-19(16)23(26)27/h4-13,15H,3,14H2,1-2H3,(H,22,24)/b13-12+/t15-/m0/s1. The first kappa shape index (κ1) is 20.8. The van der Waals surface area contributed by atoms with E-state index < -0.39 is 23.4 Å². The van der Waals surface area contributed by atoms with Crippen molar-refractivity contribution in [3.8, 4) is 0 Å². The van der Waals surface area contributed by atoms with Crippen molar-refractivity contribution in [3.63, 3.8) is 0 Å². The molecule has 2 rings (SSSR count). The van der Waals surface area contributed by atoms with Gasteiger partial charge in [0.15, 0.2) is 6.61 Å². The number of hydrogen-bond donors (Lipinski definition) is 1. The quantitative estimate of drug-likeness (QED) is 0.318. The molecule has 0 radical (unpaired) electrons. The Bertz CT molecular complexity index is 892. The van der Waals surface area contributed by atoms with E-state index in [-0.39, 0.29) is 17.2 Å². The molecule has 0 fully saturated rings. The Kier molecular flexibility index (Phi) is 7.45. The number of benzene rings is 2. The van der Waals surface area contributed by atoms with Crippen molar-refractivity contribution in [3.05, 3.63) is 75.8 Å². The molecule has 0 saturated carbocycles. The maximum absolute atomic E-state index is 12.1. The van der Waals surface area contributed by atoms with Crippen LogP contribution in [0.5, 0.6) is 0 Å². The summed E-state index contributed by atoms with van der Waals surface area (Å²) in [6, 6.07) is 13.5. The zero-order chi connectivity index (χ0) is 20.5. The van der Waals surface area contributed by atoms with Gasteiger partial charge in [-0.2, -0.15) is 0 Å². The summed E-state index contributed by atoms with van der Waals surface area (Å²) >= 11 is 0. The minimum atomic E-state index is -0.761. The molecule has 1 N–H and O–H groups in total. The molecule has 0 aliphatic rings. The van der Waals surface area contributed by atoms with E-state index >= 15 is 0 Å². The third-order valence-corrected chi connectivity index (χ3v) is 4.26. The highest BCUT2D eigenvalue weighted by atomic mass is 16.6. The van der Waals surface area contributed by atoms with Gasteiger partial charge in [0.25, 0.3) is 11.6 Å². The predicted octanol–water partition coefficient (Wildman–Crippen LogP) is 4.30. The van der Waals surface area contributed by atoms with Crippen LogP contribution in [0.25, 0.3) is 6.08 Å². The number of nitrogens with one attached hydrogen (secondary N) is 1. The number of rotatable bonds is 8. The number of ether oxygens (including phenoxy) is 1. The summed E-state index contributed by atoms with van der Waals surface area (Å²) in [4.78, 5) is 34.3. The minimum Gasteiger partial charge on any atom is -0.452 e. The molecule has 7 nitrogen and oxygen atoms in total.